The van der Waals surface area contributed by atoms with Crippen LogP contribution in [0.2, 0.25) is 0 Å². The van der Waals surface area contributed by atoms with E-state index in [0.29, 0.717) is 17.8 Å². The largest absolute Gasteiger partial charge is 0.477 e. The normalized spacial score (nSPS) is 10.7. The van der Waals surface area contributed by atoms with Gasteiger partial charge in [0.25, 0.3) is 5.56 Å². The van der Waals surface area contributed by atoms with Crippen molar-refractivity contribution in [3.63, 3.8) is 0 Å². The number of fused-ring (bicyclic) bond motifs is 1. The van der Waals surface area contributed by atoms with E-state index in [0.717, 1.165) is 4.52 Å². The molecule has 0 spiro atoms. The van der Waals surface area contributed by atoms with Crippen LogP contribution in [0.3, 0.4) is 0 Å². The molecule has 2 rings (SSSR count). The van der Waals surface area contributed by atoms with Crippen molar-refractivity contribution in [1.29, 1.82) is 0 Å². The first-order valence-electron chi connectivity index (χ1n) is 4.47. The Morgan fingerprint density at radius 3 is 2.93 bits per heavy atom. The lowest BCUT2D eigenvalue weighted by Gasteiger charge is -1.95. The van der Waals surface area contributed by atoms with Gasteiger partial charge in [0.1, 0.15) is 5.69 Å². The summed E-state index contributed by atoms with van der Waals surface area (Å²) in [6.07, 6.45) is 0.638. The van der Waals surface area contributed by atoms with Gasteiger partial charge >= 0.3 is 5.97 Å². The molecule has 2 aromatic heterocycles. The number of nitrogens with zero attached hydrogens (tertiary/aromatic N) is 2. The third-order valence-electron chi connectivity index (χ3n) is 2.10. The highest BCUT2D eigenvalue weighted by Gasteiger charge is 2.09. The second-order valence-electron chi connectivity index (χ2n) is 3.11. The van der Waals surface area contributed by atoms with Gasteiger partial charge in [-0.25, -0.2) is 14.3 Å². The Balaban J connectivity index is 2.75. The van der Waals surface area contributed by atoms with Crippen molar-refractivity contribution in [3.8, 4) is 0 Å². The van der Waals surface area contributed by atoms with Crippen molar-refractivity contribution in [1.82, 2.24) is 14.6 Å². The predicted octanol–water partition coefficient (Wildman–Crippen LogP) is 0.283. The Labute approximate surface area is 84.2 Å². The highest BCUT2D eigenvalue weighted by molar-refractivity contribution is 5.86. The number of nitrogens with one attached hydrogen (secondary N) is 1. The van der Waals surface area contributed by atoms with Gasteiger partial charge in [-0.3, -0.25) is 9.89 Å². The summed E-state index contributed by atoms with van der Waals surface area (Å²) in [4.78, 5) is 26.3. The van der Waals surface area contributed by atoms with Gasteiger partial charge in [0.05, 0.1) is 0 Å². The Morgan fingerprint density at radius 1 is 1.60 bits per heavy atom. The maximum atomic E-state index is 11.5. The second-order valence-corrected chi connectivity index (χ2v) is 3.11. The van der Waals surface area contributed by atoms with Gasteiger partial charge < -0.3 is 5.11 Å². The van der Waals surface area contributed by atoms with E-state index >= 15 is 0 Å². The number of H-pyrrole nitrogens is 1. The standard InChI is InChI=1S/C9H9N3O3/c1-2-5-3-8(13)12-7(10-5)4-6(11-12)9(14)15/h3-4,11H,2H2,1H3,(H,14,15). The predicted molar refractivity (Wildman–Crippen MR) is 52.1 cm³/mol. The van der Waals surface area contributed by atoms with Crippen LogP contribution in [0, 0.1) is 0 Å². The summed E-state index contributed by atoms with van der Waals surface area (Å²) >= 11 is 0. The molecule has 0 aliphatic heterocycles. The van der Waals surface area contributed by atoms with E-state index < -0.39 is 5.97 Å². The topological polar surface area (TPSA) is 87.5 Å². The molecule has 0 aliphatic rings. The fraction of sp³-hybridized carbons (Fsp3) is 0.222. The van der Waals surface area contributed by atoms with E-state index in [4.69, 9.17) is 5.11 Å². The van der Waals surface area contributed by atoms with E-state index in [9.17, 15) is 9.59 Å². The highest BCUT2D eigenvalue weighted by Crippen LogP contribution is 2.02. The quantitative estimate of drug-likeness (QED) is 0.740. The number of hydrogen-bond acceptors (Lipinski definition) is 3. The van der Waals surface area contributed by atoms with Gasteiger partial charge in [0.15, 0.2) is 5.65 Å². The lowest BCUT2D eigenvalue weighted by molar-refractivity contribution is 0.0690. The monoisotopic (exact) mass is 207 g/mol. The molecule has 78 valence electrons. The Hall–Kier alpha value is -2.11. The van der Waals surface area contributed by atoms with E-state index in [-0.39, 0.29) is 11.3 Å². The van der Waals surface area contributed by atoms with Crippen LogP contribution in [0.1, 0.15) is 23.1 Å². The molecule has 0 bridgehead atoms. The molecule has 6 nitrogen and oxygen atoms in total. The molecule has 6 heteroatoms. The third-order valence-corrected chi connectivity index (χ3v) is 2.10. The van der Waals surface area contributed by atoms with Crippen molar-refractivity contribution in [2.45, 2.75) is 13.3 Å². The van der Waals surface area contributed by atoms with Crippen LogP contribution in [0.5, 0.6) is 0 Å². The minimum atomic E-state index is -1.11. The highest BCUT2D eigenvalue weighted by atomic mass is 16.4. The first-order valence-corrected chi connectivity index (χ1v) is 4.47. The lowest BCUT2D eigenvalue weighted by atomic mass is 10.3. The van der Waals surface area contributed by atoms with Crippen LogP contribution in [0.15, 0.2) is 16.9 Å². The van der Waals surface area contributed by atoms with Crippen LogP contribution < -0.4 is 5.56 Å². The maximum absolute atomic E-state index is 11.5. The molecule has 15 heavy (non-hydrogen) atoms. The van der Waals surface area contributed by atoms with E-state index in [2.05, 4.69) is 10.1 Å². The Kier molecular flexibility index (Phi) is 2.03. The van der Waals surface area contributed by atoms with Crippen molar-refractivity contribution in [3.05, 3.63) is 33.9 Å². The van der Waals surface area contributed by atoms with Crippen LogP contribution in [-0.2, 0) is 6.42 Å². The van der Waals surface area contributed by atoms with Crippen LogP contribution in [0.25, 0.3) is 5.65 Å². The third kappa shape index (κ3) is 1.50. The summed E-state index contributed by atoms with van der Waals surface area (Å²) < 4.78 is 1.11. The molecule has 0 radical (unpaired) electrons. The number of aromatic nitrogens is 3. The zero-order valence-electron chi connectivity index (χ0n) is 8.02. The smallest absolute Gasteiger partial charge is 0.353 e. The number of carboxylic acids is 1. The summed E-state index contributed by atoms with van der Waals surface area (Å²) in [5.41, 5.74) is 0.630. The zero-order chi connectivity index (χ0) is 11.0. The van der Waals surface area contributed by atoms with Crippen molar-refractivity contribution in [2.75, 3.05) is 0 Å². The molecule has 0 saturated carbocycles. The number of aromatic carboxylic acids is 1. The van der Waals surface area contributed by atoms with Gasteiger partial charge in [0.2, 0.25) is 0 Å². The van der Waals surface area contributed by atoms with Gasteiger partial charge in [-0.15, -0.1) is 0 Å². The summed E-state index contributed by atoms with van der Waals surface area (Å²) in [7, 11) is 0. The average Bonchev–Trinajstić information content (AvgIpc) is 2.61. The molecule has 0 atom stereocenters. The lowest BCUT2D eigenvalue weighted by Crippen LogP contribution is -2.15. The maximum Gasteiger partial charge on any atom is 0.353 e. The molecule has 2 heterocycles. The van der Waals surface area contributed by atoms with Gasteiger partial charge in [-0.1, -0.05) is 6.92 Å². The molecular formula is C9H9N3O3. The number of rotatable bonds is 2. The van der Waals surface area contributed by atoms with Crippen molar-refractivity contribution < 1.29 is 9.90 Å². The first-order chi connectivity index (χ1) is 7.11. The number of hydrogen-bond donors (Lipinski definition) is 2. The molecule has 2 N–H and O–H groups in total. The molecule has 0 amide bonds. The fourth-order valence-corrected chi connectivity index (χ4v) is 1.33. The average molecular weight is 207 g/mol. The summed E-state index contributed by atoms with van der Waals surface area (Å²) in [5.74, 6) is -1.11. The molecule has 2 aromatic rings. The SMILES string of the molecule is CCc1cc(=O)n2[nH]c(C(=O)O)cc2n1. The van der Waals surface area contributed by atoms with E-state index in [1.807, 2.05) is 6.92 Å². The Bertz CT molecular complexity index is 582. The first kappa shape index (κ1) is 9.45. The van der Waals surface area contributed by atoms with Gasteiger partial charge in [-0.2, -0.15) is 0 Å². The van der Waals surface area contributed by atoms with Crippen LogP contribution >= 0.6 is 0 Å². The summed E-state index contributed by atoms with van der Waals surface area (Å²) in [6.45, 7) is 1.88. The van der Waals surface area contributed by atoms with Crippen LogP contribution in [-0.4, -0.2) is 25.7 Å². The molecular weight excluding hydrogens is 198 g/mol. The number of carbonyl (C=O) groups is 1. The van der Waals surface area contributed by atoms with Gasteiger partial charge in [-0.05, 0) is 6.42 Å². The van der Waals surface area contributed by atoms with E-state index in [1.54, 1.807) is 0 Å². The second kappa shape index (κ2) is 3.23. The van der Waals surface area contributed by atoms with E-state index in [1.165, 1.54) is 12.1 Å². The number of aromatic amines is 1. The number of carboxylic acid groups (broad SMARTS) is 1. The Morgan fingerprint density at radius 2 is 2.33 bits per heavy atom. The molecule has 0 aromatic carbocycles. The molecule has 0 aliphatic carbocycles. The van der Waals surface area contributed by atoms with Crippen LogP contribution in [0.4, 0.5) is 0 Å². The summed E-state index contributed by atoms with van der Waals surface area (Å²) in [5, 5.41) is 11.2. The van der Waals surface area contributed by atoms with Gasteiger partial charge in [0, 0.05) is 17.8 Å². The minimum Gasteiger partial charge on any atom is -0.477 e. The summed E-state index contributed by atoms with van der Waals surface area (Å²) in [6, 6.07) is 2.72. The van der Waals surface area contributed by atoms with Crippen molar-refractivity contribution in [2.24, 2.45) is 0 Å². The molecule has 0 unspecified atom stereocenters. The minimum absolute atomic E-state index is 0.0483. The molecule has 0 saturated heterocycles. The van der Waals surface area contributed by atoms with Crippen molar-refractivity contribution >= 4 is 11.6 Å². The zero-order valence-corrected chi connectivity index (χ0v) is 8.02. The molecule has 0 fully saturated rings. The fourth-order valence-electron chi connectivity index (χ4n) is 1.33. The number of aryl methyl sites for hydroxylation is 1.